The standard InChI is InChI=1S/C55H98O6/c1-4-7-10-13-16-19-21-23-25-27-29-30-32-34-36-39-42-45-48-54(57)60-51-52(50-59-53(56)47-44-41-38-18-15-12-9-6-3)61-55(58)49-46-43-40-37-35-33-31-28-26-24-22-20-17-14-11-8-5-2/h8,11,17,20,24-27,52H,4-7,9-10,12-16,18-19,21-23,28-51H2,1-3H3/b11-8-,20-17-,26-24-,27-25-. The van der Waals surface area contributed by atoms with Crippen LogP contribution in [0.15, 0.2) is 48.6 Å². The molecule has 0 aliphatic carbocycles. The predicted octanol–water partition coefficient (Wildman–Crippen LogP) is 17.1. The molecule has 1 atom stereocenters. The minimum atomic E-state index is -0.776. The van der Waals surface area contributed by atoms with Crippen LogP contribution in [0.25, 0.3) is 0 Å². The normalized spacial score (nSPS) is 12.4. The lowest BCUT2D eigenvalue weighted by Gasteiger charge is -2.18. The van der Waals surface area contributed by atoms with Crippen molar-refractivity contribution in [3.05, 3.63) is 48.6 Å². The molecule has 0 aliphatic rings. The highest BCUT2D eigenvalue weighted by molar-refractivity contribution is 5.71. The van der Waals surface area contributed by atoms with E-state index in [9.17, 15) is 14.4 Å². The van der Waals surface area contributed by atoms with E-state index in [1.54, 1.807) is 0 Å². The summed E-state index contributed by atoms with van der Waals surface area (Å²) in [5.74, 6) is -0.889. The van der Waals surface area contributed by atoms with Crippen LogP contribution in [0, 0.1) is 0 Å². The van der Waals surface area contributed by atoms with E-state index in [2.05, 4.69) is 69.4 Å². The minimum Gasteiger partial charge on any atom is -0.462 e. The molecule has 6 heteroatoms. The van der Waals surface area contributed by atoms with Crippen LogP contribution in [-0.2, 0) is 28.6 Å². The van der Waals surface area contributed by atoms with Gasteiger partial charge in [-0.15, -0.1) is 0 Å². The zero-order valence-corrected chi connectivity index (χ0v) is 40.4. The van der Waals surface area contributed by atoms with Crippen molar-refractivity contribution in [3.63, 3.8) is 0 Å². The van der Waals surface area contributed by atoms with E-state index in [0.29, 0.717) is 19.3 Å². The zero-order chi connectivity index (χ0) is 44.4. The Kier molecular flexibility index (Phi) is 47.9. The number of carbonyl (C=O) groups excluding carboxylic acids is 3. The van der Waals surface area contributed by atoms with Crippen molar-refractivity contribution >= 4 is 17.9 Å². The van der Waals surface area contributed by atoms with Crippen LogP contribution in [0.3, 0.4) is 0 Å². The van der Waals surface area contributed by atoms with Crippen molar-refractivity contribution in [1.82, 2.24) is 0 Å². The molecule has 0 aromatic heterocycles. The summed E-state index contributed by atoms with van der Waals surface area (Å²) in [6.07, 6.45) is 59.6. The molecule has 0 spiro atoms. The molecule has 0 saturated carbocycles. The van der Waals surface area contributed by atoms with E-state index >= 15 is 0 Å². The molecule has 0 bridgehead atoms. The highest BCUT2D eigenvalue weighted by Gasteiger charge is 2.19. The first-order chi connectivity index (χ1) is 30.0. The number of allylic oxidation sites excluding steroid dienone is 8. The van der Waals surface area contributed by atoms with E-state index in [1.807, 2.05) is 0 Å². The van der Waals surface area contributed by atoms with Gasteiger partial charge in [0.15, 0.2) is 6.10 Å². The molecule has 6 nitrogen and oxygen atoms in total. The summed E-state index contributed by atoms with van der Waals surface area (Å²) in [4.78, 5) is 37.9. The van der Waals surface area contributed by atoms with Crippen LogP contribution < -0.4 is 0 Å². The maximum atomic E-state index is 12.8. The van der Waals surface area contributed by atoms with Crippen LogP contribution in [-0.4, -0.2) is 37.2 Å². The zero-order valence-electron chi connectivity index (χ0n) is 40.4. The van der Waals surface area contributed by atoms with E-state index in [0.717, 1.165) is 83.5 Å². The Balaban J connectivity index is 4.29. The highest BCUT2D eigenvalue weighted by atomic mass is 16.6. The molecule has 0 amide bonds. The minimum absolute atomic E-state index is 0.0770. The Labute approximate surface area is 378 Å². The van der Waals surface area contributed by atoms with Crippen LogP contribution in [0.2, 0.25) is 0 Å². The summed E-state index contributed by atoms with van der Waals surface area (Å²) in [6.45, 7) is 6.50. The van der Waals surface area contributed by atoms with Crippen molar-refractivity contribution in [3.8, 4) is 0 Å². The number of hydrogen-bond acceptors (Lipinski definition) is 6. The molecule has 0 aromatic rings. The second-order valence-electron chi connectivity index (χ2n) is 17.4. The van der Waals surface area contributed by atoms with Crippen molar-refractivity contribution in [2.45, 2.75) is 271 Å². The lowest BCUT2D eigenvalue weighted by atomic mass is 10.1. The van der Waals surface area contributed by atoms with E-state index in [-0.39, 0.29) is 31.1 Å². The third kappa shape index (κ3) is 48.3. The van der Waals surface area contributed by atoms with Gasteiger partial charge in [-0.3, -0.25) is 14.4 Å². The quantitative estimate of drug-likeness (QED) is 0.0263. The summed E-state index contributed by atoms with van der Waals surface area (Å²) >= 11 is 0. The van der Waals surface area contributed by atoms with Gasteiger partial charge < -0.3 is 14.2 Å². The second-order valence-corrected chi connectivity index (χ2v) is 17.4. The molecule has 0 heterocycles. The van der Waals surface area contributed by atoms with Gasteiger partial charge in [-0.05, 0) is 77.0 Å². The fourth-order valence-electron chi connectivity index (χ4n) is 7.39. The lowest BCUT2D eigenvalue weighted by Crippen LogP contribution is -2.30. The Morgan fingerprint density at radius 3 is 1.02 bits per heavy atom. The average molecular weight is 855 g/mol. The molecule has 0 radical (unpaired) electrons. The summed E-state index contributed by atoms with van der Waals surface area (Å²) < 4.78 is 16.8. The fraction of sp³-hybridized carbons (Fsp3) is 0.800. The second kappa shape index (κ2) is 50.0. The van der Waals surface area contributed by atoms with Gasteiger partial charge in [-0.2, -0.15) is 0 Å². The fourth-order valence-corrected chi connectivity index (χ4v) is 7.39. The summed E-state index contributed by atoms with van der Waals surface area (Å²) in [6, 6.07) is 0. The van der Waals surface area contributed by atoms with Gasteiger partial charge in [0, 0.05) is 19.3 Å². The Hall–Kier alpha value is -2.63. The van der Waals surface area contributed by atoms with Crippen molar-refractivity contribution in [1.29, 1.82) is 0 Å². The molecule has 354 valence electrons. The van der Waals surface area contributed by atoms with Gasteiger partial charge in [0.25, 0.3) is 0 Å². The molecular weight excluding hydrogens is 757 g/mol. The largest absolute Gasteiger partial charge is 0.462 e. The first-order valence-electron chi connectivity index (χ1n) is 26.1. The molecule has 0 saturated heterocycles. The summed E-state index contributed by atoms with van der Waals surface area (Å²) in [5.41, 5.74) is 0. The molecule has 1 unspecified atom stereocenters. The smallest absolute Gasteiger partial charge is 0.306 e. The first kappa shape index (κ1) is 58.4. The molecule has 0 fully saturated rings. The van der Waals surface area contributed by atoms with Crippen LogP contribution in [0.4, 0.5) is 0 Å². The van der Waals surface area contributed by atoms with Gasteiger partial charge >= 0.3 is 17.9 Å². The van der Waals surface area contributed by atoms with Crippen molar-refractivity contribution in [2.24, 2.45) is 0 Å². The number of hydrogen-bond donors (Lipinski definition) is 0. The Morgan fingerprint density at radius 2 is 0.639 bits per heavy atom. The Bertz CT molecular complexity index is 1070. The van der Waals surface area contributed by atoms with Gasteiger partial charge in [0.1, 0.15) is 13.2 Å². The molecule has 0 aromatic carbocycles. The third-order valence-electron chi connectivity index (χ3n) is 11.3. The predicted molar refractivity (Wildman–Crippen MR) is 261 cm³/mol. The van der Waals surface area contributed by atoms with E-state index in [1.165, 1.54) is 141 Å². The maximum Gasteiger partial charge on any atom is 0.306 e. The number of esters is 3. The monoisotopic (exact) mass is 855 g/mol. The van der Waals surface area contributed by atoms with Crippen molar-refractivity contribution in [2.75, 3.05) is 13.2 Å². The number of rotatable bonds is 47. The lowest BCUT2D eigenvalue weighted by molar-refractivity contribution is -0.167. The van der Waals surface area contributed by atoms with Gasteiger partial charge in [-0.1, -0.05) is 217 Å². The summed E-state index contributed by atoms with van der Waals surface area (Å²) in [5, 5.41) is 0. The van der Waals surface area contributed by atoms with E-state index in [4.69, 9.17) is 14.2 Å². The number of unbranched alkanes of at least 4 members (excludes halogenated alkanes) is 28. The Morgan fingerprint density at radius 1 is 0.344 bits per heavy atom. The maximum absolute atomic E-state index is 12.8. The number of ether oxygens (including phenoxy) is 3. The molecule has 0 rings (SSSR count). The van der Waals surface area contributed by atoms with Crippen molar-refractivity contribution < 1.29 is 28.6 Å². The first-order valence-corrected chi connectivity index (χ1v) is 26.1. The van der Waals surface area contributed by atoms with Crippen LogP contribution >= 0.6 is 0 Å². The van der Waals surface area contributed by atoms with E-state index < -0.39 is 6.10 Å². The topological polar surface area (TPSA) is 78.9 Å². The number of carbonyl (C=O) groups is 3. The highest BCUT2D eigenvalue weighted by Crippen LogP contribution is 2.15. The van der Waals surface area contributed by atoms with Crippen LogP contribution in [0.5, 0.6) is 0 Å². The SMILES string of the molecule is CC/C=C\C/C=C\C/C=C\CCCCCCCCCC(=O)OC(COC(=O)CCCCCCCCCC)COC(=O)CCCCCCCCC/C=C\CCCCCCCCC. The average Bonchev–Trinajstić information content (AvgIpc) is 3.26. The molecule has 0 aliphatic heterocycles. The van der Waals surface area contributed by atoms with Gasteiger partial charge in [0.05, 0.1) is 0 Å². The molecule has 0 N–H and O–H groups in total. The molecule has 61 heavy (non-hydrogen) atoms. The van der Waals surface area contributed by atoms with Crippen LogP contribution in [0.1, 0.15) is 265 Å². The summed E-state index contributed by atoms with van der Waals surface area (Å²) in [7, 11) is 0. The third-order valence-corrected chi connectivity index (χ3v) is 11.3. The van der Waals surface area contributed by atoms with Gasteiger partial charge in [-0.25, -0.2) is 0 Å². The van der Waals surface area contributed by atoms with Gasteiger partial charge in [0.2, 0.25) is 0 Å². The molecular formula is C55H98O6.